The predicted molar refractivity (Wildman–Crippen MR) is 73.3 cm³/mol. The number of rotatable bonds is 6. The molecule has 0 fully saturated rings. The van der Waals surface area contributed by atoms with Gasteiger partial charge in [0.1, 0.15) is 5.75 Å². The van der Waals surface area contributed by atoms with Crippen molar-refractivity contribution in [1.29, 1.82) is 0 Å². The number of carbonyl (C=O) groups is 1. The second-order valence-corrected chi connectivity index (χ2v) is 4.98. The molecule has 0 saturated carbocycles. The van der Waals surface area contributed by atoms with Crippen LogP contribution in [0.15, 0.2) is 18.2 Å². The normalized spacial score (nSPS) is 13.8. The largest absolute Gasteiger partial charge is 0.493 e. The molecule has 0 bridgehead atoms. The molecule has 0 spiro atoms. The highest BCUT2D eigenvalue weighted by Crippen LogP contribution is 2.30. The van der Waals surface area contributed by atoms with Crippen LogP contribution in [-0.2, 0) is 6.42 Å². The maximum atomic E-state index is 12.2. The Morgan fingerprint density at radius 2 is 2.17 bits per heavy atom. The zero-order chi connectivity index (χ0) is 12.8. The van der Waals surface area contributed by atoms with E-state index in [4.69, 9.17) is 4.74 Å². The van der Waals surface area contributed by atoms with Gasteiger partial charge in [-0.15, -0.1) is 0 Å². The van der Waals surface area contributed by atoms with Gasteiger partial charge in [0.25, 0.3) is 0 Å². The van der Waals surface area contributed by atoms with E-state index in [-0.39, 0.29) is 5.78 Å². The number of fused-ring (bicyclic) bond motifs is 1. The van der Waals surface area contributed by atoms with Crippen LogP contribution in [0.4, 0.5) is 0 Å². The van der Waals surface area contributed by atoms with Crippen LogP contribution in [0.25, 0.3) is 0 Å². The van der Waals surface area contributed by atoms with E-state index in [0.717, 1.165) is 43.6 Å². The van der Waals surface area contributed by atoms with Crippen molar-refractivity contribution in [3.8, 4) is 5.75 Å². The number of ketones is 1. The van der Waals surface area contributed by atoms with Gasteiger partial charge in [0.05, 0.1) is 12.2 Å². The third-order valence-corrected chi connectivity index (χ3v) is 3.49. The fraction of sp³-hybridized carbons (Fsp3) is 0.562. The molecule has 0 aromatic heterocycles. The van der Waals surface area contributed by atoms with Gasteiger partial charge < -0.3 is 4.74 Å². The zero-order valence-electron chi connectivity index (χ0n) is 11.2. The van der Waals surface area contributed by atoms with Gasteiger partial charge in [0.2, 0.25) is 0 Å². The second kappa shape index (κ2) is 6.58. The molecular weight excluding hydrogens is 224 g/mol. The Kier molecular flexibility index (Phi) is 4.80. The Balaban J connectivity index is 2.01. The average Bonchev–Trinajstić information content (AvgIpc) is 2.43. The summed E-state index contributed by atoms with van der Waals surface area (Å²) in [5.74, 6) is 1.09. The summed E-state index contributed by atoms with van der Waals surface area (Å²) >= 11 is 0. The number of carbonyl (C=O) groups excluding carboxylic acids is 1. The fourth-order valence-corrected chi connectivity index (χ4v) is 2.46. The van der Waals surface area contributed by atoms with E-state index in [0.29, 0.717) is 6.42 Å². The van der Waals surface area contributed by atoms with E-state index >= 15 is 0 Å². The van der Waals surface area contributed by atoms with Crippen molar-refractivity contribution in [2.24, 2.45) is 0 Å². The highest BCUT2D eigenvalue weighted by Gasteiger charge is 2.18. The quantitative estimate of drug-likeness (QED) is 0.556. The van der Waals surface area contributed by atoms with Crippen molar-refractivity contribution >= 4 is 5.78 Å². The van der Waals surface area contributed by atoms with Gasteiger partial charge in [0.15, 0.2) is 5.78 Å². The molecule has 0 saturated heterocycles. The lowest BCUT2D eigenvalue weighted by atomic mass is 9.97. The van der Waals surface area contributed by atoms with Crippen molar-refractivity contribution in [2.75, 3.05) is 6.61 Å². The molecule has 1 aliphatic heterocycles. The molecule has 0 radical (unpaired) electrons. The smallest absolute Gasteiger partial charge is 0.166 e. The summed E-state index contributed by atoms with van der Waals surface area (Å²) in [6.45, 7) is 2.93. The fourth-order valence-electron chi connectivity index (χ4n) is 2.46. The molecule has 0 N–H and O–H groups in total. The van der Waals surface area contributed by atoms with E-state index in [1.165, 1.54) is 18.4 Å². The maximum absolute atomic E-state index is 12.2. The molecule has 1 heterocycles. The third kappa shape index (κ3) is 3.12. The summed E-state index contributed by atoms with van der Waals surface area (Å²) in [6, 6.07) is 5.96. The molecule has 2 heteroatoms. The number of benzene rings is 1. The number of ether oxygens (including phenoxy) is 1. The van der Waals surface area contributed by atoms with Crippen molar-refractivity contribution in [2.45, 2.75) is 51.9 Å². The van der Waals surface area contributed by atoms with E-state index in [2.05, 4.69) is 13.0 Å². The first kappa shape index (κ1) is 13.1. The van der Waals surface area contributed by atoms with Crippen molar-refractivity contribution in [3.63, 3.8) is 0 Å². The van der Waals surface area contributed by atoms with Crippen LogP contribution in [-0.4, -0.2) is 12.4 Å². The van der Waals surface area contributed by atoms with Crippen LogP contribution in [0.1, 0.15) is 61.4 Å². The number of hydrogen-bond donors (Lipinski definition) is 0. The predicted octanol–water partition coefficient (Wildman–Crippen LogP) is 4.16. The highest BCUT2D eigenvalue weighted by atomic mass is 16.5. The number of unbranched alkanes of at least 4 members (excludes halogenated alkanes) is 3. The Bertz CT molecular complexity index is 410. The zero-order valence-corrected chi connectivity index (χ0v) is 11.2. The summed E-state index contributed by atoms with van der Waals surface area (Å²) in [4.78, 5) is 12.2. The molecule has 0 atom stereocenters. The number of Topliss-reactive ketones (excluding diaryl/α,β-unsaturated/α-hetero) is 1. The lowest BCUT2D eigenvalue weighted by molar-refractivity contribution is 0.0974. The first-order valence-corrected chi connectivity index (χ1v) is 7.11. The van der Waals surface area contributed by atoms with Gasteiger partial charge in [0, 0.05) is 6.42 Å². The molecular formula is C16H22O2. The van der Waals surface area contributed by atoms with E-state index in [1.54, 1.807) is 0 Å². The molecule has 2 rings (SSSR count). The number of hydrogen-bond acceptors (Lipinski definition) is 2. The van der Waals surface area contributed by atoms with Crippen molar-refractivity contribution in [1.82, 2.24) is 0 Å². The van der Waals surface area contributed by atoms with E-state index < -0.39 is 0 Å². The van der Waals surface area contributed by atoms with Crippen molar-refractivity contribution < 1.29 is 9.53 Å². The Labute approximate surface area is 109 Å². The van der Waals surface area contributed by atoms with Gasteiger partial charge in [-0.3, -0.25) is 4.79 Å². The van der Waals surface area contributed by atoms with Gasteiger partial charge in [-0.25, -0.2) is 0 Å². The lowest BCUT2D eigenvalue weighted by Crippen LogP contribution is -2.12. The SMILES string of the molecule is CCCCCCC(=O)c1cccc2c1OCCC2. The lowest BCUT2D eigenvalue weighted by Gasteiger charge is -2.19. The molecule has 1 aromatic rings. The van der Waals surface area contributed by atoms with Gasteiger partial charge in [-0.1, -0.05) is 38.3 Å². The van der Waals surface area contributed by atoms with Crippen molar-refractivity contribution in [3.05, 3.63) is 29.3 Å². The summed E-state index contributed by atoms with van der Waals surface area (Å²) in [5, 5.41) is 0. The molecule has 98 valence electrons. The van der Waals surface area contributed by atoms with Crippen LogP contribution >= 0.6 is 0 Å². The molecule has 0 unspecified atom stereocenters. The topological polar surface area (TPSA) is 26.3 Å². The van der Waals surface area contributed by atoms with Crippen LogP contribution in [0.2, 0.25) is 0 Å². The standard InChI is InChI=1S/C16H22O2/c1-2-3-4-5-11-15(17)14-10-6-8-13-9-7-12-18-16(13)14/h6,8,10H,2-5,7,9,11-12H2,1H3. The second-order valence-electron chi connectivity index (χ2n) is 4.98. The summed E-state index contributed by atoms with van der Waals surface area (Å²) in [5.41, 5.74) is 1.99. The first-order valence-electron chi connectivity index (χ1n) is 7.11. The Hall–Kier alpha value is -1.31. The van der Waals surface area contributed by atoms with Gasteiger partial charge in [-0.2, -0.15) is 0 Å². The molecule has 1 aliphatic rings. The van der Waals surface area contributed by atoms with Crippen LogP contribution in [0, 0.1) is 0 Å². The first-order chi connectivity index (χ1) is 8.83. The summed E-state index contributed by atoms with van der Waals surface area (Å²) in [7, 11) is 0. The van der Waals surface area contributed by atoms with Crippen LogP contribution < -0.4 is 4.74 Å². The number of aryl methyl sites for hydroxylation is 1. The molecule has 2 nitrogen and oxygen atoms in total. The molecule has 0 aliphatic carbocycles. The van der Waals surface area contributed by atoms with Crippen LogP contribution in [0.5, 0.6) is 5.75 Å². The molecule has 18 heavy (non-hydrogen) atoms. The average molecular weight is 246 g/mol. The molecule has 0 amide bonds. The minimum absolute atomic E-state index is 0.241. The monoisotopic (exact) mass is 246 g/mol. The summed E-state index contributed by atoms with van der Waals surface area (Å²) < 4.78 is 5.68. The minimum Gasteiger partial charge on any atom is -0.493 e. The van der Waals surface area contributed by atoms with Crippen LogP contribution in [0.3, 0.4) is 0 Å². The number of para-hydroxylation sites is 1. The maximum Gasteiger partial charge on any atom is 0.166 e. The Morgan fingerprint density at radius 1 is 1.28 bits per heavy atom. The summed E-state index contributed by atoms with van der Waals surface area (Å²) in [6.07, 6.45) is 7.32. The van der Waals surface area contributed by atoms with Gasteiger partial charge in [-0.05, 0) is 30.9 Å². The minimum atomic E-state index is 0.241. The van der Waals surface area contributed by atoms with E-state index in [9.17, 15) is 4.79 Å². The van der Waals surface area contributed by atoms with Gasteiger partial charge >= 0.3 is 0 Å². The Morgan fingerprint density at radius 3 is 3.00 bits per heavy atom. The van der Waals surface area contributed by atoms with E-state index in [1.807, 2.05) is 12.1 Å². The third-order valence-electron chi connectivity index (χ3n) is 3.49. The molecule has 1 aromatic carbocycles. The highest BCUT2D eigenvalue weighted by molar-refractivity contribution is 5.99.